The Morgan fingerprint density at radius 3 is 2.59 bits per heavy atom. The van der Waals surface area contributed by atoms with E-state index >= 15 is 0 Å². The number of methoxy groups -OCH3 is 2. The number of benzene rings is 2. The quantitative estimate of drug-likeness (QED) is 0.575. The molecule has 0 aliphatic rings. The number of H-pyrrole nitrogens is 1. The van der Waals surface area contributed by atoms with Crippen molar-refractivity contribution < 1.29 is 14.3 Å². The van der Waals surface area contributed by atoms with E-state index in [0.717, 1.165) is 11.3 Å². The van der Waals surface area contributed by atoms with Crippen LogP contribution in [0.25, 0.3) is 0 Å². The average Bonchev–Trinajstić information content (AvgIpc) is 3.16. The molecule has 1 heterocycles. The lowest BCUT2D eigenvalue weighted by Crippen LogP contribution is -2.24. The van der Waals surface area contributed by atoms with Gasteiger partial charge in [-0.15, -0.1) is 10.2 Å². The van der Waals surface area contributed by atoms with Gasteiger partial charge in [-0.1, -0.05) is 11.6 Å². The number of aromatic nitrogens is 3. The molecule has 3 N–H and O–H groups in total. The van der Waals surface area contributed by atoms with Gasteiger partial charge in [0.15, 0.2) is 11.5 Å². The van der Waals surface area contributed by atoms with Gasteiger partial charge in [0.2, 0.25) is 0 Å². The zero-order chi connectivity index (χ0) is 19.2. The summed E-state index contributed by atoms with van der Waals surface area (Å²) in [5, 5.41) is 16.8. The summed E-state index contributed by atoms with van der Waals surface area (Å²) in [5.74, 6) is 1.23. The van der Waals surface area contributed by atoms with Gasteiger partial charge in [-0.05, 0) is 36.4 Å². The summed E-state index contributed by atoms with van der Waals surface area (Å²) in [6, 6.07) is 12.4. The molecule has 3 rings (SSSR count). The van der Waals surface area contributed by atoms with E-state index in [9.17, 15) is 4.79 Å². The van der Waals surface area contributed by atoms with Gasteiger partial charge in [-0.3, -0.25) is 4.79 Å². The number of aromatic amines is 1. The Balaban J connectivity index is 1.69. The second kappa shape index (κ2) is 8.41. The van der Waals surface area contributed by atoms with Crippen LogP contribution in [0.4, 0.5) is 11.5 Å². The molecule has 0 unspecified atom stereocenters. The largest absolute Gasteiger partial charge is 0.497 e. The van der Waals surface area contributed by atoms with Gasteiger partial charge in [0.05, 0.1) is 14.2 Å². The fraction of sp³-hybridized carbons (Fsp3) is 0.167. The minimum Gasteiger partial charge on any atom is -0.497 e. The maximum absolute atomic E-state index is 12.5. The molecule has 2 aromatic carbocycles. The molecule has 9 heteroatoms. The zero-order valence-corrected chi connectivity index (χ0v) is 15.5. The number of ether oxygens (including phenoxy) is 2. The molecule has 0 spiro atoms. The third-order valence-electron chi connectivity index (χ3n) is 3.80. The SMILES string of the molecule is COc1ccc(CNC(=O)c2n[nH]nc2Nc2ccc(Cl)cc2)c(OC)c1. The van der Waals surface area contributed by atoms with E-state index in [0.29, 0.717) is 22.3 Å². The molecular weight excluding hydrogens is 370 g/mol. The maximum atomic E-state index is 12.5. The number of hydrogen-bond donors (Lipinski definition) is 3. The molecule has 27 heavy (non-hydrogen) atoms. The summed E-state index contributed by atoms with van der Waals surface area (Å²) in [6.45, 7) is 0.263. The molecule has 0 saturated heterocycles. The second-order valence-corrected chi connectivity index (χ2v) is 5.95. The molecule has 3 aromatic rings. The van der Waals surface area contributed by atoms with Gasteiger partial charge >= 0.3 is 0 Å². The van der Waals surface area contributed by atoms with Crippen LogP contribution in [0, 0.1) is 0 Å². The van der Waals surface area contributed by atoms with E-state index in [1.807, 2.05) is 6.07 Å². The van der Waals surface area contributed by atoms with Crippen molar-refractivity contribution in [2.24, 2.45) is 0 Å². The van der Waals surface area contributed by atoms with Crippen LogP contribution in [0.1, 0.15) is 16.1 Å². The standard InChI is InChI=1S/C18H18ClN5O3/c1-26-14-8-3-11(15(9-14)27-2)10-20-18(25)16-17(23-24-22-16)21-13-6-4-12(19)5-7-13/h3-9H,10H2,1-2H3,(H,20,25)(H2,21,22,23,24). The number of carbonyl (C=O) groups is 1. The number of rotatable bonds is 7. The molecule has 0 fully saturated rings. The van der Waals surface area contributed by atoms with Gasteiger partial charge in [0, 0.05) is 28.9 Å². The third-order valence-corrected chi connectivity index (χ3v) is 4.06. The molecule has 1 aromatic heterocycles. The first-order chi connectivity index (χ1) is 13.1. The van der Waals surface area contributed by atoms with E-state index in [1.165, 1.54) is 0 Å². The summed E-state index contributed by atoms with van der Waals surface area (Å²) >= 11 is 5.87. The maximum Gasteiger partial charge on any atom is 0.275 e. The number of amides is 1. The van der Waals surface area contributed by atoms with Crippen LogP contribution in [-0.4, -0.2) is 35.5 Å². The Morgan fingerprint density at radius 2 is 1.89 bits per heavy atom. The second-order valence-electron chi connectivity index (χ2n) is 5.51. The van der Waals surface area contributed by atoms with Gasteiger partial charge in [0.25, 0.3) is 5.91 Å². The van der Waals surface area contributed by atoms with Crippen molar-refractivity contribution in [3.05, 3.63) is 58.7 Å². The van der Waals surface area contributed by atoms with Crippen LogP contribution < -0.4 is 20.1 Å². The molecule has 0 saturated carbocycles. The highest BCUT2D eigenvalue weighted by Gasteiger charge is 2.17. The number of carbonyl (C=O) groups excluding carboxylic acids is 1. The van der Waals surface area contributed by atoms with Gasteiger partial charge in [-0.2, -0.15) is 5.21 Å². The Morgan fingerprint density at radius 1 is 1.11 bits per heavy atom. The van der Waals surface area contributed by atoms with Gasteiger partial charge < -0.3 is 20.1 Å². The highest BCUT2D eigenvalue weighted by molar-refractivity contribution is 6.30. The van der Waals surface area contributed by atoms with Crippen LogP contribution >= 0.6 is 11.6 Å². The highest BCUT2D eigenvalue weighted by Crippen LogP contribution is 2.24. The molecule has 0 radical (unpaired) electrons. The highest BCUT2D eigenvalue weighted by atomic mass is 35.5. The monoisotopic (exact) mass is 387 g/mol. The Labute approximate surface area is 160 Å². The molecule has 8 nitrogen and oxygen atoms in total. The topological polar surface area (TPSA) is 101 Å². The molecule has 0 aliphatic heterocycles. The Kier molecular flexibility index (Phi) is 5.77. The molecule has 0 bridgehead atoms. The van der Waals surface area contributed by atoms with Crippen molar-refractivity contribution in [2.45, 2.75) is 6.54 Å². The normalized spacial score (nSPS) is 10.3. The van der Waals surface area contributed by atoms with Crippen LogP contribution in [0.2, 0.25) is 5.02 Å². The first-order valence-electron chi connectivity index (χ1n) is 8.03. The van der Waals surface area contributed by atoms with Crippen LogP contribution in [0.3, 0.4) is 0 Å². The number of nitrogens with one attached hydrogen (secondary N) is 3. The average molecular weight is 388 g/mol. The van der Waals surface area contributed by atoms with Crippen LogP contribution in [0.5, 0.6) is 11.5 Å². The molecule has 140 valence electrons. The van der Waals surface area contributed by atoms with Crippen LogP contribution in [-0.2, 0) is 6.54 Å². The van der Waals surface area contributed by atoms with E-state index < -0.39 is 0 Å². The van der Waals surface area contributed by atoms with E-state index in [-0.39, 0.29) is 18.1 Å². The molecular formula is C18H18ClN5O3. The summed E-state index contributed by atoms with van der Waals surface area (Å²) < 4.78 is 10.5. The van der Waals surface area contributed by atoms with E-state index in [4.69, 9.17) is 21.1 Å². The third kappa shape index (κ3) is 4.48. The van der Waals surface area contributed by atoms with Crippen molar-refractivity contribution in [2.75, 3.05) is 19.5 Å². The zero-order valence-electron chi connectivity index (χ0n) is 14.7. The van der Waals surface area contributed by atoms with Gasteiger partial charge in [-0.25, -0.2) is 0 Å². The predicted octanol–water partition coefficient (Wildman–Crippen LogP) is 3.15. The fourth-order valence-corrected chi connectivity index (χ4v) is 2.53. The predicted molar refractivity (Wildman–Crippen MR) is 102 cm³/mol. The molecule has 0 atom stereocenters. The Bertz CT molecular complexity index is 927. The summed E-state index contributed by atoms with van der Waals surface area (Å²) in [6.07, 6.45) is 0. The first kappa shape index (κ1) is 18.5. The number of nitrogens with zero attached hydrogens (tertiary/aromatic N) is 2. The number of anilines is 2. The van der Waals surface area contributed by atoms with E-state index in [2.05, 4.69) is 26.0 Å². The van der Waals surface area contributed by atoms with Crippen molar-refractivity contribution in [1.82, 2.24) is 20.7 Å². The lowest BCUT2D eigenvalue weighted by molar-refractivity contribution is 0.0946. The Hall–Kier alpha value is -3.26. The summed E-state index contributed by atoms with van der Waals surface area (Å²) in [4.78, 5) is 12.5. The lowest BCUT2D eigenvalue weighted by atomic mass is 10.2. The van der Waals surface area contributed by atoms with Crippen molar-refractivity contribution >= 4 is 29.0 Å². The van der Waals surface area contributed by atoms with Crippen molar-refractivity contribution in [3.63, 3.8) is 0 Å². The molecule has 1 amide bonds. The lowest BCUT2D eigenvalue weighted by Gasteiger charge is -2.11. The molecule has 0 aliphatic carbocycles. The van der Waals surface area contributed by atoms with Crippen molar-refractivity contribution in [3.8, 4) is 11.5 Å². The van der Waals surface area contributed by atoms with E-state index in [1.54, 1.807) is 50.6 Å². The fourth-order valence-electron chi connectivity index (χ4n) is 2.40. The van der Waals surface area contributed by atoms with Crippen molar-refractivity contribution in [1.29, 1.82) is 0 Å². The minimum atomic E-state index is -0.377. The smallest absolute Gasteiger partial charge is 0.275 e. The minimum absolute atomic E-state index is 0.150. The summed E-state index contributed by atoms with van der Waals surface area (Å²) in [7, 11) is 3.14. The number of halogens is 1. The summed E-state index contributed by atoms with van der Waals surface area (Å²) in [5.41, 5.74) is 1.69. The van der Waals surface area contributed by atoms with Crippen LogP contribution in [0.15, 0.2) is 42.5 Å². The van der Waals surface area contributed by atoms with Gasteiger partial charge in [0.1, 0.15) is 11.5 Å². The number of hydrogen-bond acceptors (Lipinski definition) is 6. The first-order valence-corrected chi connectivity index (χ1v) is 8.41.